The van der Waals surface area contributed by atoms with Gasteiger partial charge in [-0.25, -0.2) is 0 Å². The van der Waals surface area contributed by atoms with Crippen LogP contribution in [0.4, 0.5) is 0 Å². The fourth-order valence-electron chi connectivity index (χ4n) is 3.14. The van der Waals surface area contributed by atoms with Crippen molar-refractivity contribution < 1.29 is 14.7 Å². The number of nitrogens with zero attached hydrogens (tertiary/aromatic N) is 1. The van der Waals surface area contributed by atoms with Crippen LogP contribution >= 0.6 is 11.3 Å². The van der Waals surface area contributed by atoms with E-state index in [2.05, 4.69) is 0 Å². The molecule has 1 N–H and O–H groups in total. The number of hydrogen-bond acceptors (Lipinski definition) is 4. The van der Waals surface area contributed by atoms with Crippen LogP contribution in [-0.4, -0.2) is 34.8 Å². The maximum atomic E-state index is 12.8. The average molecular weight is 355 g/mol. The number of carbonyl (C=O) groups excluding carboxylic acids is 2. The molecule has 1 aliphatic carbocycles. The lowest BCUT2D eigenvalue weighted by atomic mass is 9.99. The Hall–Kier alpha value is -2.24. The second kappa shape index (κ2) is 8.23. The Balaban J connectivity index is 1.80. The van der Waals surface area contributed by atoms with Gasteiger partial charge >= 0.3 is 0 Å². The van der Waals surface area contributed by atoms with Crippen molar-refractivity contribution in [1.82, 2.24) is 4.90 Å². The third-order valence-corrected chi connectivity index (χ3v) is 5.26. The van der Waals surface area contributed by atoms with Gasteiger partial charge in [0.15, 0.2) is 5.78 Å². The van der Waals surface area contributed by atoms with Gasteiger partial charge in [-0.2, -0.15) is 0 Å². The fraction of sp³-hybridized carbons (Fsp3) is 0.300. The van der Waals surface area contributed by atoms with Gasteiger partial charge in [0.25, 0.3) is 0 Å². The largest absolute Gasteiger partial charge is 0.395 e. The quantitative estimate of drug-likeness (QED) is 0.829. The Morgan fingerprint density at radius 1 is 1.12 bits per heavy atom. The number of thiophene rings is 1. The van der Waals surface area contributed by atoms with Crippen LogP contribution in [0, 0.1) is 0 Å². The molecule has 0 bridgehead atoms. The van der Waals surface area contributed by atoms with Gasteiger partial charge in [-0.1, -0.05) is 36.4 Å². The summed E-state index contributed by atoms with van der Waals surface area (Å²) in [6.07, 6.45) is 1.27. The van der Waals surface area contributed by atoms with E-state index in [1.807, 2.05) is 47.8 Å². The number of rotatable bonds is 7. The number of aliphatic hydroxyl groups excluding tert-OH is 1. The zero-order valence-corrected chi connectivity index (χ0v) is 14.8. The summed E-state index contributed by atoms with van der Waals surface area (Å²) in [6.45, 7) is 0.660. The van der Waals surface area contributed by atoms with E-state index in [4.69, 9.17) is 0 Å². The number of amides is 1. The standard InChI is InChI=1S/C20H21NO3S/c22-11-10-21(14-16-7-4-12-25-16)20(24)13-18-17(8-9-19(18)23)15-5-2-1-3-6-15/h1-7,12,22H,8-11,13-14H2. The van der Waals surface area contributed by atoms with Crippen LogP contribution < -0.4 is 0 Å². The lowest BCUT2D eigenvalue weighted by Gasteiger charge is -2.21. The van der Waals surface area contributed by atoms with Crippen molar-refractivity contribution in [2.75, 3.05) is 13.2 Å². The van der Waals surface area contributed by atoms with Crippen LogP contribution in [0.5, 0.6) is 0 Å². The topological polar surface area (TPSA) is 57.6 Å². The molecule has 0 saturated heterocycles. The van der Waals surface area contributed by atoms with Crippen molar-refractivity contribution in [2.45, 2.75) is 25.8 Å². The van der Waals surface area contributed by atoms with Crippen LogP contribution in [0.1, 0.15) is 29.7 Å². The highest BCUT2D eigenvalue weighted by Gasteiger charge is 2.27. The lowest BCUT2D eigenvalue weighted by molar-refractivity contribution is -0.132. The number of hydrogen-bond donors (Lipinski definition) is 1. The van der Waals surface area contributed by atoms with E-state index < -0.39 is 0 Å². The van der Waals surface area contributed by atoms with Crippen molar-refractivity contribution in [3.05, 3.63) is 63.9 Å². The summed E-state index contributed by atoms with van der Waals surface area (Å²) >= 11 is 1.58. The second-order valence-corrected chi connectivity index (χ2v) is 7.07. The molecule has 0 saturated carbocycles. The molecule has 0 atom stereocenters. The SMILES string of the molecule is O=C1CCC(c2ccccc2)=C1CC(=O)N(CCO)Cc1cccs1. The molecule has 2 aromatic rings. The highest BCUT2D eigenvalue weighted by atomic mass is 32.1. The third kappa shape index (κ3) is 4.24. The first-order valence-corrected chi connectivity index (χ1v) is 9.28. The first kappa shape index (κ1) is 17.6. The molecule has 1 aromatic heterocycles. The van der Waals surface area contributed by atoms with E-state index in [-0.39, 0.29) is 31.3 Å². The van der Waals surface area contributed by atoms with E-state index in [0.29, 0.717) is 25.0 Å². The van der Waals surface area contributed by atoms with Gasteiger partial charge in [0.05, 0.1) is 19.6 Å². The van der Waals surface area contributed by atoms with Crippen molar-refractivity contribution in [1.29, 1.82) is 0 Å². The maximum Gasteiger partial charge on any atom is 0.227 e. The molecule has 0 spiro atoms. The molecule has 0 aliphatic heterocycles. The summed E-state index contributed by atoms with van der Waals surface area (Å²) in [5.74, 6) is -0.0478. The summed E-state index contributed by atoms with van der Waals surface area (Å²) in [5, 5.41) is 11.3. The van der Waals surface area contributed by atoms with Crippen molar-refractivity contribution in [3.8, 4) is 0 Å². The first-order chi connectivity index (χ1) is 12.2. The monoisotopic (exact) mass is 355 g/mol. The molecule has 5 heteroatoms. The third-order valence-electron chi connectivity index (χ3n) is 4.40. The molecule has 4 nitrogen and oxygen atoms in total. The van der Waals surface area contributed by atoms with Crippen LogP contribution in [0.2, 0.25) is 0 Å². The minimum Gasteiger partial charge on any atom is -0.395 e. The molecule has 0 radical (unpaired) electrons. The number of ketones is 1. The molecule has 25 heavy (non-hydrogen) atoms. The molecule has 0 unspecified atom stereocenters. The summed E-state index contributed by atoms with van der Waals surface area (Å²) in [6, 6.07) is 13.7. The number of benzene rings is 1. The van der Waals surface area contributed by atoms with Gasteiger partial charge in [-0.15, -0.1) is 11.3 Å². The Kier molecular flexibility index (Phi) is 5.79. The number of carbonyl (C=O) groups is 2. The predicted molar refractivity (Wildman–Crippen MR) is 99.0 cm³/mol. The number of aliphatic hydroxyl groups is 1. The molecule has 130 valence electrons. The van der Waals surface area contributed by atoms with Gasteiger partial charge in [-0.05, 0) is 29.0 Å². The highest BCUT2D eigenvalue weighted by molar-refractivity contribution is 7.09. The summed E-state index contributed by atoms with van der Waals surface area (Å²) < 4.78 is 0. The normalized spacial score (nSPS) is 14.2. The van der Waals surface area contributed by atoms with E-state index in [0.717, 1.165) is 16.0 Å². The molecular formula is C20H21NO3S. The van der Waals surface area contributed by atoms with Crippen molar-refractivity contribution in [3.63, 3.8) is 0 Å². The summed E-state index contributed by atoms with van der Waals surface area (Å²) in [5.41, 5.74) is 2.63. The summed E-state index contributed by atoms with van der Waals surface area (Å²) in [7, 11) is 0. The molecule has 1 amide bonds. The zero-order valence-electron chi connectivity index (χ0n) is 14.0. The molecule has 1 aliphatic rings. The molecule has 0 fully saturated rings. The van der Waals surface area contributed by atoms with E-state index in [9.17, 15) is 14.7 Å². The Morgan fingerprint density at radius 2 is 1.92 bits per heavy atom. The van der Waals surface area contributed by atoms with Crippen molar-refractivity contribution >= 4 is 28.6 Å². The van der Waals surface area contributed by atoms with Crippen LogP contribution in [0.3, 0.4) is 0 Å². The van der Waals surface area contributed by atoms with Crippen molar-refractivity contribution in [2.24, 2.45) is 0 Å². The highest BCUT2D eigenvalue weighted by Crippen LogP contribution is 2.33. The van der Waals surface area contributed by atoms with Gasteiger partial charge in [0, 0.05) is 23.4 Å². The predicted octanol–water partition coefficient (Wildman–Crippen LogP) is 3.28. The minimum atomic E-state index is -0.110. The van der Waals surface area contributed by atoms with Gasteiger partial charge < -0.3 is 10.0 Å². The van der Waals surface area contributed by atoms with Gasteiger partial charge in [-0.3, -0.25) is 9.59 Å². The van der Waals surface area contributed by atoms with Crippen LogP contribution in [0.15, 0.2) is 53.4 Å². The minimum absolute atomic E-state index is 0.0623. The molecule has 1 heterocycles. The molecular weight excluding hydrogens is 334 g/mol. The lowest BCUT2D eigenvalue weighted by Crippen LogP contribution is -2.33. The molecule has 3 rings (SSSR count). The van der Waals surface area contributed by atoms with E-state index >= 15 is 0 Å². The van der Waals surface area contributed by atoms with E-state index in [1.54, 1.807) is 16.2 Å². The maximum absolute atomic E-state index is 12.8. The Labute approximate surface area is 151 Å². The second-order valence-electron chi connectivity index (χ2n) is 6.04. The Bertz CT molecular complexity index is 766. The average Bonchev–Trinajstić information content (AvgIpc) is 3.26. The molecule has 1 aromatic carbocycles. The van der Waals surface area contributed by atoms with E-state index in [1.165, 1.54) is 0 Å². The van der Waals surface area contributed by atoms with Crippen LogP contribution in [0.25, 0.3) is 5.57 Å². The van der Waals surface area contributed by atoms with Gasteiger partial charge in [0.1, 0.15) is 0 Å². The summed E-state index contributed by atoms with van der Waals surface area (Å²) in [4.78, 5) is 27.8. The zero-order chi connectivity index (χ0) is 17.6. The smallest absolute Gasteiger partial charge is 0.227 e. The van der Waals surface area contributed by atoms with Gasteiger partial charge in [0.2, 0.25) is 5.91 Å². The number of Topliss-reactive ketones (excluding diaryl/α,β-unsaturated/α-hetero) is 1. The Morgan fingerprint density at radius 3 is 2.60 bits per heavy atom. The first-order valence-electron chi connectivity index (χ1n) is 8.40. The fourth-order valence-corrected chi connectivity index (χ4v) is 3.86. The van der Waals surface area contributed by atoms with Crippen LogP contribution in [-0.2, 0) is 16.1 Å². The number of allylic oxidation sites excluding steroid dienone is 1.